The highest BCUT2D eigenvalue weighted by atomic mass is 16.5. The van der Waals surface area contributed by atoms with Crippen LogP contribution in [0.1, 0.15) is 12.5 Å². The van der Waals surface area contributed by atoms with E-state index in [0.29, 0.717) is 17.2 Å². The Labute approximate surface area is 135 Å². The summed E-state index contributed by atoms with van der Waals surface area (Å²) in [5, 5.41) is 14.6. The molecule has 6 nitrogen and oxygen atoms in total. The molecule has 0 saturated carbocycles. The average molecular weight is 316 g/mol. The summed E-state index contributed by atoms with van der Waals surface area (Å²) in [5.41, 5.74) is 1.59. The first kappa shape index (κ1) is 16.5. The number of phenols is 1. The van der Waals surface area contributed by atoms with Crippen LogP contribution in [0.3, 0.4) is 0 Å². The molecule has 2 amide bonds. The Morgan fingerprint density at radius 1 is 1.17 bits per heavy atom. The third kappa shape index (κ3) is 4.81. The molecule has 0 radical (unpaired) electrons. The second-order valence-corrected chi connectivity index (χ2v) is 5.06. The Morgan fingerprint density at radius 2 is 1.87 bits per heavy atom. The van der Waals surface area contributed by atoms with Gasteiger partial charge in [-0.1, -0.05) is 6.07 Å². The highest BCUT2D eigenvalue weighted by Gasteiger charge is 2.11. The van der Waals surface area contributed by atoms with Gasteiger partial charge in [0.15, 0.2) is 6.23 Å². The molecule has 1 atom stereocenters. The first-order valence-electron chi connectivity index (χ1n) is 7.16. The van der Waals surface area contributed by atoms with Crippen molar-refractivity contribution in [2.45, 2.75) is 20.1 Å². The van der Waals surface area contributed by atoms with Gasteiger partial charge < -0.3 is 25.2 Å². The van der Waals surface area contributed by atoms with E-state index < -0.39 is 12.3 Å². The van der Waals surface area contributed by atoms with Gasteiger partial charge >= 0.3 is 6.03 Å². The van der Waals surface area contributed by atoms with Gasteiger partial charge in [-0.3, -0.25) is 0 Å². The number of aromatic hydroxyl groups is 1. The third-order valence-electron chi connectivity index (χ3n) is 3.09. The first-order chi connectivity index (χ1) is 11.0. The summed E-state index contributed by atoms with van der Waals surface area (Å²) in [4.78, 5) is 12.0. The summed E-state index contributed by atoms with van der Waals surface area (Å²) in [5.74, 6) is 1.28. The van der Waals surface area contributed by atoms with Gasteiger partial charge in [0, 0.05) is 0 Å². The molecular formula is C17H20N2O4. The Kier molecular flexibility index (Phi) is 5.30. The van der Waals surface area contributed by atoms with E-state index in [1.54, 1.807) is 32.2 Å². The number of methoxy groups -OCH3 is 1. The predicted molar refractivity (Wildman–Crippen MR) is 88.1 cm³/mol. The van der Waals surface area contributed by atoms with Gasteiger partial charge in [0.1, 0.15) is 17.2 Å². The molecule has 0 aromatic heterocycles. The average Bonchev–Trinajstić information content (AvgIpc) is 2.49. The van der Waals surface area contributed by atoms with E-state index in [2.05, 4.69) is 10.6 Å². The zero-order chi connectivity index (χ0) is 16.8. The van der Waals surface area contributed by atoms with E-state index in [-0.39, 0.29) is 5.75 Å². The molecule has 0 bridgehead atoms. The molecule has 0 aliphatic rings. The molecule has 2 aromatic rings. The summed E-state index contributed by atoms with van der Waals surface area (Å²) in [7, 11) is 1.55. The normalized spacial score (nSPS) is 11.4. The standard InChI is InChI=1S/C17H20N2O4/c1-11-4-9-16(22-3)15(10-11)19-17(21)18-12(2)23-14-7-5-13(20)6-8-14/h4-10,12,20H,1-3H3,(H2,18,19,21). The highest BCUT2D eigenvalue weighted by molar-refractivity contribution is 5.91. The molecule has 3 N–H and O–H groups in total. The van der Waals surface area contributed by atoms with Gasteiger partial charge in [-0.05, 0) is 55.8 Å². The van der Waals surface area contributed by atoms with E-state index in [9.17, 15) is 9.90 Å². The van der Waals surface area contributed by atoms with E-state index in [1.165, 1.54) is 12.1 Å². The number of carbonyl (C=O) groups is 1. The Bertz CT molecular complexity index is 671. The third-order valence-corrected chi connectivity index (χ3v) is 3.09. The van der Waals surface area contributed by atoms with Crippen molar-refractivity contribution in [3.05, 3.63) is 48.0 Å². The molecule has 23 heavy (non-hydrogen) atoms. The van der Waals surface area contributed by atoms with Crippen LogP contribution in [-0.4, -0.2) is 24.5 Å². The quantitative estimate of drug-likeness (QED) is 0.740. The topological polar surface area (TPSA) is 79.8 Å². The van der Waals surface area contributed by atoms with Crippen LogP contribution < -0.4 is 20.1 Å². The van der Waals surface area contributed by atoms with Crippen LogP contribution in [0.2, 0.25) is 0 Å². The van der Waals surface area contributed by atoms with Crippen molar-refractivity contribution in [2.24, 2.45) is 0 Å². The van der Waals surface area contributed by atoms with Crippen LogP contribution in [0.4, 0.5) is 10.5 Å². The van der Waals surface area contributed by atoms with Crippen molar-refractivity contribution in [1.29, 1.82) is 0 Å². The molecule has 0 saturated heterocycles. The second kappa shape index (κ2) is 7.40. The summed E-state index contributed by atoms with van der Waals surface area (Å²) < 4.78 is 10.8. The molecule has 1 unspecified atom stereocenters. The van der Waals surface area contributed by atoms with Gasteiger partial charge in [0.05, 0.1) is 12.8 Å². The Hall–Kier alpha value is -2.89. The second-order valence-electron chi connectivity index (χ2n) is 5.06. The number of ether oxygens (including phenoxy) is 2. The molecule has 0 aliphatic heterocycles. The number of anilines is 1. The maximum absolute atomic E-state index is 12.0. The van der Waals surface area contributed by atoms with Crippen LogP contribution in [0, 0.1) is 6.92 Å². The SMILES string of the molecule is COc1ccc(C)cc1NC(=O)NC(C)Oc1ccc(O)cc1. The van der Waals surface area contributed by atoms with E-state index in [4.69, 9.17) is 9.47 Å². The molecule has 0 fully saturated rings. The monoisotopic (exact) mass is 316 g/mol. The molecule has 0 aliphatic carbocycles. The lowest BCUT2D eigenvalue weighted by Crippen LogP contribution is -2.39. The number of carbonyl (C=O) groups excluding carboxylic acids is 1. The maximum Gasteiger partial charge on any atom is 0.322 e. The number of urea groups is 1. The molecule has 122 valence electrons. The van der Waals surface area contributed by atoms with Gasteiger partial charge in [-0.25, -0.2) is 4.79 Å². The molecule has 0 heterocycles. The van der Waals surface area contributed by atoms with Crippen LogP contribution in [0.15, 0.2) is 42.5 Å². The zero-order valence-electron chi connectivity index (χ0n) is 13.3. The number of rotatable bonds is 5. The number of hydrogen-bond donors (Lipinski definition) is 3. The molecule has 0 spiro atoms. The molecule has 2 aromatic carbocycles. The fraction of sp³-hybridized carbons (Fsp3) is 0.235. The van der Waals surface area contributed by atoms with Crippen molar-refractivity contribution in [3.63, 3.8) is 0 Å². The Morgan fingerprint density at radius 3 is 2.52 bits per heavy atom. The number of nitrogens with one attached hydrogen (secondary N) is 2. The summed E-state index contributed by atoms with van der Waals surface area (Å²) in [6.07, 6.45) is -0.546. The van der Waals surface area contributed by atoms with Crippen LogP contribution in [0.25, 0.3) is 0 Å². The van der Waals surface area contributed by atoms with Crippen molar-refractivity contribution < 1.29 is 19.4 Å². The summed E-state index contributed by atoms with van der Waals surface area (Å²) in [6.45, 7) is 3.64. The lowest BCUT2D eigenvalue weighted by molar-refractivity contribution is 0.183. The lowest BCUT2D eigenvalue weighted by atomic mass is 10.2. The predicted octanol–water partition coefficient (Wildman–Crippen LogP) is 3.26. The zero-order valence-corrected chi connectivity index (χ0v) is 13.3. The maximum atomic E-state index is 12.0. The van der Waals surface area contributed by atoms with E-state index in [0.717, 1.165) is 5.56 Å². The van der Waals surface area contributed by atoms with Gasteiger partial charge in [0.2, 0.25) is 0 Å². The highest BCUT2D eigenvalue weighted by Crippen LogP contribution is 2.25. The van der Waals surface area contributed by atoms with Crippen LogP contribution >= 0.6 is 0 Å². The number of phenolic OH excluding ortho intramolecular Hbond substituents is 1. The van der Waals surface area contributed by atoms with Crippen molar-refractivity contribution in [2.75, 3.05) is 12.4 Å². The van der Waals surface area contributed by atoms with Gasteiger partial charge in [-0.2, -0.15) is 0 Å². The van der Waals surface area contributed by atoms with Gasteiger partial charge in [0.25, 0.3) is 0 Å². The first-order valence-corrected chi connectivity index (χ1v) is 7.16. The fourth-order valence-electron chi connectivity index (χ4n) is 2.02. The number of aryl methyl sites for hydroxylation is 1. The molecule has 6 heteroatoms. The van der Waals surface area contributed by atoms with Crippen LogP contribution in [-0.2, 0) is 0 Å². The van der Waals surface area contributed by atoms with Crippen molar-refractivity contribution in [1.82, 2.24) is 5.32 Å². The minimum atomic E-state index is -0.546. The van der Waals surface area contributed by atoms with Crippen LogP contribution in [0.5, 0.6) is 17.2 Å². The molecular weight excluding hydrogens is 296 g/mol. The fourth-order valence-corrected chi connectivity index (χ4v) is 2.02. The summed E-state index contributed by atoms with van der Waals surface area (Å²) >= 11 is 0. The smallest absolute Gasteiger partial charge is 0.322 e. The van der Waals surface area contributed by atoms with Gasteiger partial charge in [-0.15, -0.1) is 0 Å². The number of hydrogen-bond acceptors (Lipinski definition) is 4. The molecule has 2 rings (SSSR count). The summed E-state index contributed by atoms with van der Waals surface area (Å²) in [6, 6.07) is 11.4. The number of benzene rings is 2. The van der Waals surface area contributed by atoms with E-state index in [1.807, 2.05) is 19.1 Å². The Balaban J connectivity index is 1.94. The number of amides is 2. The minimum Gasteiger partial charge on any atom is -0.508 e. The van der Waals surface area contributed by atoms with Crippen molar-refractivity contribution >= 4 is 11.7 Å². The van der Waals surface area contributed by atoms with E-state index >= 15 is 0 Å². The largest absolute Gasteiger partial charge is 0.508 e. The minimum absolute atomic E-state index is 0.155. The van der Waals surface area contributed by atoms with Crippen molar-refractivity contribution in [3.8, 4) is 17.2 Å². The lowest BCUT2D eigenvalue weighted by Gasteiger charge is -2.17.